The fourth-order valence-corrected chi connectivity index (χ4v) is 2.46. The van der Waals surface area contributed by atoms with Gasteiger partial charge in [0.05, 0.1) is 24.6 Å². The molecule has 0 spiro atoms. The van der Waals surface area contributed by atoms with Gasteiger partial charge in [-0.05, 0) is 31.2 Å². The van der Waals surface area contributed by atoms with Crippen molar-refractivity contribution in [3.63, 3.8) is 0 Å². The quantitative estimate of drug-likeness (QED) is 0.624. The summed E-state index contributed by atoms with van der Waals surface area (Å²) in [7, 11) is 3.98. The van der Waals surface area contributed by atoms with E-state index >= 15 is 0 Å². The Labute approximate surface area is 141 Å². The minimum Gasteiger partial charge on any atom is -0.491 e. The zero-order valence-corrected chi connectivity index (χ0v) is 14.3. The number of aryl methyl sites for hydroxylation is 1. The Morgan fingerprint density at radius 3 is 2.67 bits per heavy atom. The highest BCUT2D eigenvalue weighted by molar-refractivity contribution is 5.78. The number of nitrogens with zero attached hydrogens (tertiary/aromatic N) is 4. The molecule has 126 valence electrons. The van der Waals surface area contributed by atoms with Crippen molar-refractivity contribution in [1.29, 1.82) is 0 Å². The summed E-state index contributed by atoms with van der Waals surface area (Å²) in [6.45, 7) is 3.84. The van der Waals surface area contributed by atoms with Crippen molar-refractivity contribution in [3.8, 4) is 5.75 Å². The second-order valence-corrected chi connectivity index (χ2v) is 5.48. The molecule has 0 atom stereocenters. The fourth-order valence-electron chi connectivity index (χ4n) is 2.46. The maximum Gasteiger partial charge on any atom is 0.134 e. The average molecular weight is 326 g/mol. The van der Waals surface area contributed by atoms with Gasteiger partial charge in [0.2, 0.25) is 0 Å². The van der Waals surface area contributed by atoms with Crippen molar-refractivity contribution in [3.05, 3.63) is 42.9 Å². The molecular formula is C18H22N4O2. The molecule has 1 aromatic carbocycles. The Morgan fingerprint density at radius 1 is 1.12 bits per heavy atom. The second kappa shape index (κ2) is 7.31. The number of hydrogen-bond acceptors (Lipinski definition) is 5. The maximum absolute atomic E-state index is 5.64. The zero-order chi connectivity index (χ0) is 16.9. The number of hydrogen-bond donors (Lipinski definition) is 0. The smallest absolute Gasteiger partial charge is 0.134 e. The van der Waals surface area contributed by atoms with E-state index in [1.807, 2.05) is 60.8 Å². The van der Waals surface area contributed by atoms with Crippen molar-refractivity contribution in [2.24, 2.45) is 7.05 Å². The predicted molar refractivity (Wildman–Crippen MR) is 95.0 cm³/mol. The van der Waals surface area contributed by atoms with Crippen LogP contribution < -0.4 is 9.64 Å². The summed E-state index contributed by atoms with van der Waals surface area (Å²) in [6.07, 6.45) is 3.59. The van der Waals surface area contributed by atoms with Gasteiger partial charge in [0, 0.05) is 32.5 Å². The lowest BCUT2D eigenvalue weighted by Gasteiger charge is -2.19. The predicted octanol–water partition coefficient (Wildman–Crippen LogP) is 3.15. The third-order valence-corrected chi connectivity index (χ3v) is 3.87. The van der Waals surface area contributed by atoms with Crippen molar-refractivity contribution < 1.29 is 9.47 Å². The van der Waals surface area contributed by atoms with Crippen LogP contribution in [0.15, 0.2) is 42.9 Å². The molecule has 3 aromatic rings. The summed E-state index contributed by atoms with van der Waals surface area (Å²) in [5.74, 6) is 1.71. The van der Waals surface area contributed by atoms with Gasteiger partial charge in [0.25, 0.3) is 0 Å². The molecule has 0 unspecified atom stereocenters. The molecule has 0 radical (unpaired) electrons. The molecule has 0 aliphatic heterocycles. The first-order valence-corrected chi connectivity index (χ1v) is 8.00. The monoisotopic (exact) mass is 326 g/mol. The summed E-state index contributed by atoms with van der Waals surface area (Å²) in [6, 6.07) is 9.99. The number of ether oxygens (including phenoxy) is 2. The molecule has 0 N–H and O–H groups in total. The van der Waals surface area contributed by atoms with E-state index in [0.29, 0.717) is 19.8 Å². The molecule has 0 bridgehead atoms. The number of imidazole rings is 1. The second-order valence-electron chi connectivity index (χ2n) is 5.48. The van der Waals surface area contributed by atoms with Gasteiger partial charge in [-0.15, -0.1) is 0 Å². The average Bonchev–Trinajstić information content (AvgIpc) is 2.99. The van der Waals surface area contributed by atoms with Crippen LogP contribution in [0.1, 0.15) is 6.92 Å². The minimum absolute atomic E-state index is 0.557. The van der Waals surface area contributed by atoms with E-state index in [1.165, 1.54) is 0 Å². The third kappa shape index (κ3) is 3.49. The summed E-state index contributed by atoms with van der Waals surface area (Å²) in [5, 5.41) is 0. The van der Waals surface area contributed by atoms with Gasteiger partial charge in [0.15, 0.2) is 0 Å². The van der Waals surface area contributed by atoms with Gasteiger partial charge in [0.1, 0.15) is 23.7 Å². The van der Waals surface area contributed by atoms with Crippen LogP contribution in [-0.4, -0.2) is 41.4 Å². The third-order valence-electron chi connectivity index (χ3n) is 3.87. The minimum atomic E-state index is 0.557. The normalized spacial score (nSPS) is 11.0. The van der Waals surface area contributed by atoms with Crippen molar-refractivity contribution in [2.75, 3.05) is 31.8 Å². The maximum atomic E-state index is 5.64. The standard InChI is InChI=1S/C18H22N4O2/c1-4-23-9-10-24-15-7-5-14(6-8-15)22(3)18-11-17-16(12-19-18)20-13-21(17)2/h5-8,11-13H,4,9-10H2,1-3H3. The summed E-state index contributed by atoms with van der Waals surface area (Å²) >= 11 is 0. The molecule has 0 aliphatic carbocycles. The van der Waals surface area contributed by atoms with Crippen LogP contribution in [-0.2, 0) is 11.8 Å². The van der Waals surface area contributed by atoms with Crippen LogP contribution in [0.2, 0.25) is 0 Å². The first-order chi connectivity index (χ1) is 11.7. The van der Waals surface area contributed by atoms with E-state index in [1.54, 1.807) is 12.5 Å². The van der Waals surface area contributed by atoms with E-state index in [4.69, 9.17) is 9.47 Å². The first-order valence-electron chi connectivity index (χ1n) is 8.00. The van der Waals surface area contributed by atoms with Crippen LogP contribution in [0, 0.1) is 0 Å². The summed E-state index contributed by atoms with van der Waals surface area (Å²) in [4.78, 5) is 10.8. The molecule has 0 aliphatic rings. The highest BCUT2D eigenvalue weighted by Crippen LogP contribution is 2.26. The van der Waals surface area contributed by atoms with Crippen molar-refractivity contribution in [2.45, 2.75) is 6.92 Å². The van der Waals surface area contributed by atoms with Gasteiger partial charge < -0.3 is 18.9 Å². The van der Waals surface area contributed by atoms with Gasteiger partial charge in [-0.1, -0.05) is 0 Å². The van der Waals surface area contributed by atoms with E-state index in [9.17, 15) is 0 Å². The molecule has 3 rings (SSSR count). The molecule has 0 saturated carbocycles. The van der Waals surface area contributed by atoms with E-state index < -0.39 is 0 Å². The molecule has 0 saturated heterocycles. The highest BCUT2D eigenvalue weighted by Gasteiger charge is 2.09. The first kappa shape index (κ1) is 16.3. The number of fused-ring (bicyclic) bond motifs is 1. The van der Waals surface area contributed by atoms with Crippen LogP contribution in [0.3, 0.4) is 0 Å². The SMILES string of the molecule is CCOCCOc1ccc(N(C)c2cc3c(cn2)ncn3C)cc1. The van der Waals surface area contributed by atoms with E-state index in [0.717, 1.165) is 28.3 Å². The van der Waals surface area contributed by atoms with Crippen molar-refractivity contribution >= 4 is 22.5 Å². The van der Waals surface area contributed by atoms with E-state index in [2.05, 4.69) is 9.97 Å². The van der Waals surface area contributed by atoms with Crippen molar-refractivity contribution in [1.82, 2.24) is 14.5 Å². The van der Waals surface area contributed by atoms with Crippen LogP contribution in [0.25, 0.3) is 11.0 Å². The molecular weight excluding hydrogens is 304 g/mol. The molecule has 24 heavy (non-hydrogen) atoms. The molecule has 0 amide bonds. The zero-order valence-electron chi connectivity index (χ0n) is 14.3. The molecule has 2 heterocycles. The topological polar surface area (TPSA) is 52.4 Å². The van der Waals surface area contributed by atoms with Gasteiger partial charge in [-0.25, -0.2) is 9.97 Å². The summed E-state index contributed by atoms with van der Waals surface area (Å²) < 4.78 is 12.9. The lowest BCUT2D eigenvalue weighted by Crippen LogP contribution is -2.11. The Morgan fingerprint density at radius 2 is 1.92 bits per heavy atom. The molecule has 0 fully saturated rings. The highest BCUT2D eigenvalue weighted by atomic mass is 16.5. The summed E-state index contributed by atoms with van der Waals surface area (Å²) in [5.41, 5.74) is 3.00. The van der Waals surface area contributed by atoms with Crippen LogP contribution in [0.4, 0.5) is 11.5 Å². The number of rotatable bonds is 7. The Bertz CT molecular complexity index is 798. The lowest BCUT2D eigenvalue weighted by molar-refractivity contribution is 0.110. The number of pyridine rings is 1. The lowest BCUT2D eigenvalue weighted by atomic mass is 10.2. The van der Waals surface area contributed by atoms with Crippen LogP contribution >= 0.6 is 0 Å². The molecule has 6 nitrogen and oxygen atoms in total. The van der Waals surface area contributed by atoms with Gasteiger partial charge in [-0.3, -0.25) is 0 Å². The Kier molecular flexibility index (Phi) is 4.96. The Hall–Kier alpha value is -2.60. The van der Waals surface area contributed by atoms with Gasteiger partial charge >= 0.3 is 0 Å². The van der Waals surface area contributed by atoms with Gasteiger partial charge in [-0.2, -0.15) is 0 Å². The van der Waals surface area contributed by atoms with Crippen LogP contribution in [0.5, 0.6) is 5.75 Å². The Balaban J connectivity index is 1.71. The van der Waals surface area contributed by atoms with E-state index in [-0.39, 0.29) is 0 Å². The number of benzene rings is 1. The molecule has 6 heteroatoms. The molecule has 2 aromatic heterocycles. The largest absolute Gasteiger partial charge is 0.491 e. The fraction of sp³-hybridized carbons (Fsp3) is 0.333. The number of anilines is 2. The number of aromatic nitrogens is 3.